The zero-order valence-corrected chi connectivity index (χ0v) is 10.7. The number of nitrogens with zero attached hydrogens (tertiary/aromatic N) is 1. The summed E-state index contributed by atoms with van der Waals surface area (Å²) in [7, 11) is 0. The second-order valence-electron chi connectivity index (χ2n) is 4.50. The molecule has 2 aromatic carbocycles. The van der Waals surface area contributed by atoms with Crippen LogP contribution in [0.15, 0.2) is 53.9 Å². The molecule has 1 aliphatic rings. The summed E-state index contributed by atoms with van der Waals surface area (Å²) in [5, 5.41) is 13.5. The molecule has 4 heteroatoms. The molecule has 1 amide bonds. The average molecular weight is 264 g/mol. The van der Waals surface area contributed by atoms with Crippen LogP contribution in [0.4, 0.5) is 0 Å². The maximum absolute atomic E-state index is 12.3. The number of carbonyl (C=O) groups is 1. The largest absolute Gasteiger partial charge is 0.478 e. The molecule has 3 rings (SSSR count). The lowest BCUT2D eigenvalue weighted by Gasteiger charge is -2.09. The molecular formula is C16H12N2O2. The van der Waals surface area contributed by atoms with Crippen molar-refractivity contribution in [2.75, 3.05) is 6.61 Å². The lowest BCUT2D eigenvalue weighted by atomic mass is 10.0. The summed E-state index contributed by atoms with van der Waals surface area (Å²) >= 11 is 0. The van der Waals surface area contributed by atoms with Gasteiger partial charge in [-0.15, -0.1) is 0 Å². The number of amides is 1. The van der Waals surface area contributed by atoms with Crippen LogP contribution in [0.3, 0.4) is 0 Å². The molecule has 20 heavy (non-hydrogen) atoms. The van der Waals surface area contributed by atoms with Crippen molar-refractivity contribution < 1.29 is 9.53 Å². The van der Waals surface area contributed by atoms with Crippen molar-refractivity contribution in [2.24, 2.45) is 0 Å². The average Bonchev–Trinajstić information content (AvgIpc) is 2.93. The van der Waals surface area contributed by atoms with Gasteiger partial charge in [-0.1, -0.05) is 36.4 Å². The van der Waals surface area contributed by atoms with Gasteiger partial charge in [-0.3, -0.25) is 10.1 Å². The predicted octanol–water partition coefficient (Wildman–Crippen LogP) is 2.73. The van der Waals surface area contributed by atoms with Crippen LogP contribution < -0.4 is 5.32 Å². The van der Waals surface area contributed by atoms with Gasteiger partial charge in [0.25, 0.3) is 5.91 Å². The topological polar surface area (TPSA) is 62.1 Å². The van der Waals surface area contributed by atoms with Gasteiger partial charge in [0.1, 0.15) is 6.07 Å². The first-order valence-corrected chi connectivity index (χ1v) is 6.35. The Bertz CT molecular complexity index is 751. The van der Waals surface area contributed by atoms with Gasteiger partial charge in [-0.05, 0) is 16.8 Å². The van der Waals surface area contributed by atoms with Gasteiger partial charge in [0, 0.05) is 12.0 Å². The number of hydrogen-bond donors (Lipinski definition) is 1. The van der Waals surface area contributed by atoms with E-state index in [1.54, 1.807) is 6.07 Å². The summed E-state index contributed by atoms with van der Waals surface area (Å²) in [5.41, 5.74) is 1.06. The van der Waals surface area contributed by atoms with Crippen LogP contribution in [0.1, 0.15) is 16.8 Å². The number of benzene rings is 2. The third-order valence-electron chi connectivity index (χ3n) is 3.27. The van der Waals surface area contributed by atoms with Crippen molar-refractivity contribution in [3.8, 4) is 6.07 Å². The van der Waals surface area contributed by atoms with Crippen LogP contribution in [-0.4, -0.2) is 12.5 Å². The molecule has 0 fully saturated rings. The van der Waals surface area contributed by atoms with Gasteiger partial charge in [0.05, 0.1) is 12.2 Å². The summed E-state index contributed by atoms with van der Waals surface area (Å²) in [6.45, 7) is 0.439. The van der Waals surface area contributed by atoms with Crippen molar-refractivity contribution in [3.05, 3.63) is 59.5 Å². The minimum atomic E-state index is -0.258. The Balaban J connectivity index is 1.96. The molecule has 0 radical (unpaired) electrons. The molecule has 0 unspecified atom stereocenters. The molecule has 1 N–H and O–H groups in total. The number of hydrogen-bond acceptors (Lipinski definition) is 3. The summed E-state index contributed by atoms with van der Waals surface area (Å²) < 4.78 is 5.29. The van der Waals surface area contributed by atoms with Crippen molar-refractivity contribution >= 4 is 16.7 Å². The highest BCUT2D eigenvalue weighted by atomic mass is 16.5. The van der Waals surface area contributed by atoms with E-state index in [1.807, 2.05) is 42.5 Å². The van der Waals surface area contributed by atoms with E-state index in [0.717, 1.165) is 10.8 Å². The summed E-state index contributed by atoms with van der Waals surface area (Å²) in [6, 6.07) is 15.3. The highest BCUT2D eigenvalue weighted by Gasteiger charge is 2.19. The van der Waals surface area contributed by atoms with Gasteiger partial charge in [0.2, 0.25) is 5.88 Å². The molecule has 0 spiro atoms. The van der Waals surface area contributed by atoms with E-state index >= 15 is 0 Å². The third-order valence-corrected chi connectivity index (χ3v) is 3.27. The van der Waals surface area contributed by atoms with Crippen LogP contribution in [0.5, 0.6) is 0 Å². The lowest BCUT2D eigenvalue weighted by Crippen LogP contribution is -2.23. The highest BCUT2D eigenvalue weighted by Crippen LogP contribution is 2.20. The number of ether oxygens (including phenoxy) is 1. The Labute approximate surface area is 116 Å². The van der Waals surface area contributed by atoms with Gasteiger partial charge in [-0.2, -0.15) is 5.26 Å². The van der Waals surface area contributed by atoms with E-state index in [2.05, 4.69) is 5.32 Å². The molecule has 0 atom stereocenters. The molecule has 0 aliphatic carbocycles. The minimum absolute atomic E-state index is 0.258. The number of fused-ring (bicyclic) bond motifs is 1. The van der Waals surface area contributed by atoms with Crippen LogP contribution in [0, 0.1) is 11.3 Å². The lowest BCUT2D eigenvalue weighted by molar-refractivity contribution is 0.0932. The van der Waals surface area contributed by atoms with E-state index in [0.29, 0.717) is 24.2 Å². The van der Waals surface area contributed by atoms with Gasteiger partial charge in [0.15, 0.2) is 0 Å². The van der Waals surface area contributed by atoms with Crippen molar-refractivity contribution in [1.29, 1.82) is 5.26 Å². The fraction of sp³-hybridized carbons (Fsp3) is 0.125. The molecule has 0 bridgehead atoms. The molecule has 0 saturated heterocycles. The maximum Gasteiger partial charge on any atom is 0.258 e. The minimum Gasteiger partial charge on any atom is -0.478 e. The van der Waals surface area contributed by atoms with E-state index in [4.69, 9.17) is 10.00 Å². The number of carbonyl (C=O) groups excluding carboxylic acids is 1. The van der Waals surface area contributed by atoms with E-state index in [1.165, 1.54) is 0 Å². The van der Waals surface area contributed by atoms with E-state index in [-0.39, 0.29) is 11.8 Å². The smallest absolute Gasteiger partial charge is 0.258 e. The summed E-state index contributed by atoms with van der Waals surface area (Å²) in [6.07, 6.45) is 0.543. The molecule has 98 valence electrons. The van der Waals surface area contributed by atoms with Crippen LogP contribution in [-0.2, 0) is 4.74 Å². The van der Waals surface area contributed by atoms with Crippen LogP contribution in [0.2, 0.25) is 0 Å². The van der Waals surface area contributed by atoms with E-state index < -0.39 is 0 Å². The van der Waals surface area contributed by atoms with Gasteiger partial charge < -0.3 is 4.74 Å². The first kappa shape index (κ1) is 12.2. The zero-order chi connectivity index (χ0) is 13.9. The zero-order valence-electron chi connectivity index (χ0n) is 10.7. The normalized spacial score (nSPS) is 13.9. The number of rotatable bonds is 2. The first-order chi connectivity index (χ1) is 9.79. The van der Waals surface area contributed by atoms with Crippen molar-refractivity contribution in [2.45, 2.75) is 6.42 Å². The molecule has 0 saturated carbocycles. The fourth-order valence-corrected chi connectivity index (χ4v) is 2.27. The fourth-order valence-electron chi connectivity index (χ4n) is 2.27. The summed E-state index contributed by atoms with van der Waals surface area (Å²) in [4.78, 5) is 12.3. The van der Waals surface area contributed by atoms with Crippen molar-refractivity contribution in [1.82, 2.24) is 5.32 Å². The predicted molar refractivity (Wildman–Crippen MR) is 74.6 cm³/mol. The molecule has 1 heterocycles. The molecule has 2 aromatic rings. The van der Waals surface area contributed by atoms with E-state index in [9.17, 15) is 4.79 Å². The van der Waals surface area contributed by atoms with Gasteiger partial charge in [-0.25, -0.2) is 0 Å². The molecular weight excluding hydrogens is 252 g/mol. The Kier molecular flexibility index (Phi) is 3.10. The second kappa shape index (κ2) is 5.06. The molecule has 0 aromatic heterocycles. The van der Waals surface area contributed by atoms with Gasteiger partial charge >= 0.3 is 0 Å². The Morgan fingerprint density at radius 1 is 1.20 bits per heavy atom. The number of nitrogens with one attached hydrogen (secondary N) is 1. The Hall–Kier alpha value is -2.80. The SMILES string of the molecule is N#CC1=C(NC(=O)c2cccc3ccccc23)OCC1. The van der Waals surface area contributed by atoms with Crippen LogP contribution in [0.25, 0.3) is 10.8 Å². The maximum atomic E-state index is 12.3. The first-order valence-electron chi connectivity index (χ1n) is 6.35. The quantitative estimate of drug-likeness (QED) is 0.907. The second-order valence-corrected chi connectivity index (χ2v) is 4.50. The molecule has 1 aliphatic heterocycles. The Morgan fingerprint density at radius 2 is 2.00 bits per heavy atom. The Morgan fingerprint density at radius 3 is 2.85 bits per heavy atom. The molecule has 4 nitrogen and oxygen atoms in total. The van der Waals surface area contributed by atoms with Crippen molar-refractivity contribution in [3.63, 3.8) is 0 Å². The highest BCUT2D eigenvalue weighted by molar-refractivity contribution is 6.07. The standard InChI is InChI=1S/C16H12N2O2/c17-10-12-8-9-20-16(12)18-15(19)14-7-3-5-11-4-1-2-6-13(11)14/h1-7H,8-9H2,(H,18,19). The van der Waals surface area contributed by atoms with Crippen LogP contribution >= 0.6 is 0 Å². The monoisotopic (exact) mass is 264 g/mol. The third kappa shape index (κ3) is 2.10. The summed E-state index contributed by atoms with van der Waals surface area (Å²) in [5.74, 6) is 0.0249. The number of nitriles is 1.